The average molecular weight is 483 g/mol. The number of piperidine rings is 1. The minimum atomic E-state index is 0. The van der Waals surface area contributed by atoms with Gasteiger partial charge in [0, 0.05) is 46.2 Å². The Labute approximate surface area is 179 Å². The van der Waals surface area contributed by atoms with Gasteiger partial charge in [0.1, 0.15) is 0 Å². The van der Waals surface area contributed by atoms with Crippen molar-refractivity contribution in [2.75, 3.05) is 27.2 Å². The molecule has 1 fully saturated rings. The lowest BCUT2D eigenvalue weighted by atomic mass is 9.93. The normalized spacial score (nSPS) is 20.3. The predicted octanol–water partition coefficient (Wildman–Crippen LogP) is 3.31. The summed E-state index contributed by atoms with van der Waals surface area (Å²) in [7, 11) is 3.58. The lowest BCUT2D eigenvalue weighted by Crippen LogP contribution is -2.48. The van der Waals surface area contributed by atoms with Crippen molar-refractivity contribution in [1.29, 1.82) is 0 Å². The van der Waals surface area contributed by atoms with Crippen LogP contribution in [-0.2, 0) is 17.9 Å². The highest BCUT2D eigenvalue weighted by atomic mass is 127. The van der Waals surface area contributed by atoms with Gasteiger partial charge in [-0.1, -0.05) is 31.2 Å². The molecule has 3 rings (SSSR count). The van der Waals surface area contributed by atoms with Crippen molar-refractivity contribution < 1.29 is 4.74 Å². The number of nitrogens with one attached hydrogen (secondary N) is 1. The summed E-state index contributed by atoms with van der Waals surface area (Å²) in [5.74, 6) is 1.59. The Balaban J connectivity index is 0.00000261. The van der Waals surface area contributed by atoms with E-state index in [1.807, 2.05) is 19.6 Å². The summed E-state index contributed by atoms with van der Waals surface area (Å²) < 4.78 is 7.44. The molecule has 7 heteroatoms. The van der Waals surface area contributed by atoms with Crippen molar-refractivity contribution in [3.05, 3.63) is 54.1 Å². The SMILES string of the molecule is CN=C(NCc1cccc(COC)c1)N1CCC(C)C(n2ccnc2)C1.I. The molecule has 2 aromatic rings. The number of hydrogen-bond acceptors (Lipinski definition) is 3. The molecule has 0 aliphatic carbocycles. The van der Waals surface area contributed by atoms with Crippen LogP contribution in [0.25, 0.3) is 0 Å². The zero-order chi connectivity index (χ0) is 18.4. The molecule has 2 atom stereocenters. The van der Waals surface area contributed by atoms with Gasteiger partial charge in [-0.2, -0.15) is 0 Å². The Bertz CT molecular complexity index is 719. The largest absolute Gasteiger partial charge is 0.380 e. The number of rotatable bonds is 5. The van der Waals surface area contributed by atoms with E-state index in [-0.39, 0.29) is 24.0 Å². The standard InChI is InChI=1S/C20H29N5O.HI/c1-16-7-9-24(13-19(16)25-10-8-22-15-25)20(21-2)23-12-17-5-4-6-18(11-17)14-26-3;/h4-6,8,10-11,15-16,19H,7,9,12-14H2,1-3H3,(H,21,23);1H. The minimum Gasteiger partial charge on any atom is -0.380 e. The van der Waals surface area contributed by atoms with Gasteiger partial charge in [-0.15, -0.1) is 24.0 Å². The van der Waals surface area contributed by atoms with E-state index in [4.69, 9.17) is 4.74 Å². The zero-order valence-corrected chi connectivity index (χ0v) is 18.7. The molecule has 1 aliphatic heterocycles. The van der Waals surface area contributed by atoms with Crippen molar-refractivity contribution in [3.63, 3.8) is 0 Å². The summed E-state index contributed by atoms with van der Waals surface area (Å²) in [5, 5.41) is 3.52. The highest BCUT2D eigenvalue weighted by Gasteiger charge is 2.28. The number of aromatic nitrogens is 2. The van der Waals surface area contributed by atoms with Crippen molar-refractivity contribution >= 4 is 29.9 Å². The molecule has 1 aliphatic rings. The van der Waals surface area contributed by atoms with Gasteiger partial charge < -0.3 is 19.5 Å². The van der Waals surface area contributed by atoms with Gasteiger partial charge in [-0.3, -0.25) is 4.99 Å². The van der Waals surface area contributed by atoms with Crippen LogP contribution in [-0.4, -0.2) is 47.7 Å². The number of imidazole rings is 1. The van der Waals surface area contributed by atoms with E-state index in [0.717, 1.165) is 32.0 Å². The van der Waals surface area contributed by atoms with E-state index in [1.165, 1.54) is 11.1 Å². The van der Waals surface area contributed by atoms with Crippen LogP contribution in [0.2, 0.25) is 0 Å². The molecule has 1 saturated heterocycles. The van der Waals surface area contributed by atoms with Gasteiger partial charge in [0.25, 0.3) is 0 Å². The summed E-state index contributed by atoms with van der Waals surface area (Å²) in [6.45, 7) is 5.68. The second kappa shape index (κ2) is 10.7. The number of hydrogen-bond donors (Lipinski definition) is 1. The van der Waals surface area contributed by atoms with Crippen LogP contribution in [0, 0.1) is 5.92 Å². The summed E-state index contributed by atoms with van der Waals surface area (Å²) in [6.07, 6.45) is 6.98. The number of methoxy groups -OCH3 is 1. The molecule has 27 heavy (non-hydrogen) atoms. The van der Waals surface area contributed by atoms with Crippen LogP contribution in [0.1, 0.15) is 30.5 Å². The van der Waals surface area contributed by atoms with E-state index >= 15 is 0 Å². The maximum absolute atomic E-state index is 5.22. The van der Waals surface area contributed by atoms with Gasteiger partial charge in [-0.05, 0) is 23.5 Å². The third-order valence-electron chi connectivity index (χ3n) is 5.09. The first-order valence-electron chi connectivity index (χ1n) is 9.21. The number of guanidine groups is 1. The lowest BCUT2D eigenvalue weighted by Gasteiger charge is -2.39. The van der Waals surface area contributed by atoms with Crippen molar-refractivity contribution in [2.24, 2.45) is 10.9 Å². The fraction of sp³-hybridized carbons (Fsp3) is 0.500. The summed E-state index contributed by atoms with van der Waals surface area (Å²) >= 11 is 0. The van der Waals surface area contributed by atoms with Crippen LogP contribution in [0.5, 0.6) is 0 Å². The molecular formula is C20H30IN5O. The summed E-state index contributed by atoms with van der Waals surface area (Å²) in [6, 6.07) is 8.90. The van der Waals surface area contributed by atoms with Gasteiger partial charge in [-0.25, -0.2) is 4.98 Å². The molecular weight excluding hydrogens is 453 g/mol. The van der Waals surface area contributed by atoms with E-state index in [0.29, 0.717) is 18.6 Å². The second-order valence-corrected chi connectivity index (χ2v) is 6.94. The Morgan fingerprint density at radius 3 is 2.89 bits per heavy atom. The zero-order valence-electron chi connectivity index (χ0n) is 16.3. The van der Waals surface area contributed by atoms with E-state index in [9.17, 15) is 0 Å². The minimum absolute atomic E-state index is 0. The molecule has 2 unspecified atom stereocenters. The molecule has 2 heterocycles. The fourth-order valence-corrected chi connectivity index (χ4v) is 3.60. The van der Waals surface area contributed by atoms with Gasteiger partial charge >= 0.3 is 0 Å². The second-order valence-electron chi connectivity index (χ2n) is 6.94. The monoisotopic (exact) mass is 483 g/mol. The van der Waals surface area contributed by atoms with E-state index in [1.54, 1.807) is 7.11 Å². The third kappa shape index (κ3) is 5.68. The molecule has 148 valence electrons. The molecule has 1 N–H and O–H groups in total. The topological polar surface area (TPSA) is 54.7 Å². The van der Waals surface area contributed by atoms with Crippen molar-refractivity contribution in [3.8, 4) is 0 Å². The third-order valence-corrected chi connectivity index (χ3v) is 5.09. The highest BCUT2D eigenvalue weighted by Crippen LogP contribution is 2.27. The average Bonchev–Trinajstić information content (AvgIpc) is 3.18. The first-order valence-corrected chi connectivity index (χ1v) is 9.21. The number of likely N-dealkylation sites (tertiary alicyclic amines) is 1. The van der Waals surface area contributed by atoms with Gasteiger partial charge in [0.15, 0.2) is 5.96 Å². The van der Waals surface area contributed by atoms with E-state index in [2.05, 4.69) is 62.1 Å². The Morgan fingerprint density at radius 1 is 1.37 bits per heavy atom. The maximum atomic E-state index is 5.22. The number of ether oxygens (including phenoxy) is 1. The quantitative estimate of drug-likeness (QED) is 0.403. The number of nitrogens with zero attached hydrogens (tertiary/aromatic N) is 4. The van der Waals surface area contributed by atoms with Crippen LogP contribution in [0.15, 0.2) is 48.0 Å². The van der Waals surface area contributed by atoms with Crippen molar-refractivity contribution in [2.45, 2.75) is 32.5 Å². The summed E-state index contributed by atoms with van der Waals surface area (Å²) in [4.78, 5) is 11.1. The molecule has 0 amide bonds. The predicted molar refractivity (Wildman–Crippen MR) is 119 cm³/mol. The molecule has 1 aromatic heterocycles. The number of halogens is 1. The fourth-order valence-electron chi connectivity index (χ4n) is 3.60. The number of aliphatic imine (C=N–C) groups is 1. The Hall–Kier alpha value is -1.61. The highest BCUT2D eigenvalue weighted by molar-refractivity contribution is 14.0. The molecule has 0 bridgehead atoms. The smallest absolute Gasteiger partial charge is 0.193 e. The summed E-state index contributed by atoms with van der Waals surface area (Å²) in [5.41, 5.74) is 2.42. The Morgan fingerprint density at radius 2 is 2.19 bits per heavy atom. The molecule has 0 saturated carbocycles. The number of benzene rings is 1. The molecule has 6 nitrogen and oxygen atoms in total. The molecule has 0 radical (unpaired) electrons. The maximum Gasteiger partial charge on any atom is 0.193 e. The molecule has 0 spiro atoms. The van der Waals surface area contributed by atoms with E-state index < -0.39 is 0 Å². The van der Waals surface area contributed by atoms with Crippen LogP contribution >= 0.6 is 24.0 Å². The van der Waals surface area contributed by atoms with Crippen LogP contribution < -0.4 is 5.32 Å². The van der Waals surface area contributed by atoms with Gasteiger partial charge in [0.2, 0.25) is 0 Å². The van der Waals surface area contributed by atoms with Gasteiger partial charge in [0.05, 0.1) is 19.0 Å². The first kappa shape index (κ1) is 21.7. The first-order chi connectivity index (χ1) is 12.7. The molecule has 1 aromatic carbocycles. The lowest BCUT2D eigenvalue weighted by molar-refractivity contribution is 0.185. The Kier molecular flexibility index (Phi) is 8.56. The van der Waals surface area contributed by atoms with Crippen LogP contribution in [0.4, 0.5) is 0 Å². The van der Waals surface area contributed by atoms with Crippen molar-refractivity contribution in [1.82, 2.24) is 19.8 Å². The van der Waals surface area contributed by atoms with Crippen LogP contribution in [0.3, 0.4) is 0 Å².